The molecule has 176 valence electrons. The number of benzene rings is 2. The Labute approximate surface area is 206 Å². The molecule has 3 aromatic rings. The van der Waals surface area contributed by atoms with E-state index in [0.29, 0.717) is 16.8 Å². The fourth-order valence-electron chi connectivity index (χ4n) is 4.32. The Morgan fingerprint density at radius 1 is 1.12 bits per heavy atom. The number of likely N-dealkylation sites (N-methyl/N-ethyl adjacent to an activating group) is 1. The molecule has 0 spiro atoms. The van der Waals surface area contributed by atoms with Crippen LogP contribution >= 0.6 is 15.9 Å². The van der Waals surface area contributed by atoms with Crippen molar-refractivity contribution in [3.05, 3.63) is 82.6 Å². The first-order valence-electron chi connectivity index (χ1n) is 10.7. The summed E-state index contributed by atoms with van der Waals surface area (Å²) in [6, 6.07) is 15.8. The SMILES string of the molecule is CN1C(=O)[C@@](NC(=O)OC(C)(C)C)([C@@H](C(=O)n2cccn2)c2cccc(Br)c2)c2ccccc21. The zero-order valence-corrected chi connectivity index (χ0v) is 20.9. The number of halogens is 1. The molecule has 0 fully saturated rings. The van der Waals surface area contributed by atoms with Crippen LogP contribution in [-0.4, -0.2) is 40.3 Å². The number of aromatic nitrogens is 2. The van der Waals surface area contributed by atoms with Crippen LogP contribution in [0, 0.1) is 0 Å². The minimum atomic E-state index is -1.77. The van der Waals surface area contributed by atoms with E-state index in [1.54, 1.807) is 76.3 Å². The summed E-state index contributed by atoms with van der Waals surface area (Å²) in [5, 5.41) is 6.93. The van der Waals surface area contributed by atoms with Crippen molar-refractivity contribution in [2.45, 2.75) is 37.8 Å². The predicted molar refractivity (Wildman–Crippen MR) is 131 cm³/mol. The number of fused-ring (bicyclic) bond motifs is 1. The summed E-state index contributed by atoms with van der Waals surface area (Å²) in [6.45, 7) is 5.20. The van der Waals surface area contributed by atoms with Crippen LogP contribution in [0.4, 0.5) is 10.5 Å². The van der Waals surface area contributed by atoms with Crippen molar-refractivity contribution in [2.24, 2.45) is 0 Å². The summed E-state index contributed by atoms with van der Waals surface area (Å²) >= 11 is 3.46. The van der Waals surface area contributed by atoms with Gasteiger partial charge in [0.25, 0.3) is 11.8 Å². The molecular weight excluding hydrogens is 500 g/mol. The van der Waals surface area contributed by atoms with Gasteiger partial charge in [-0.25, -0.2) is 9.48 Å². The van der Waals surface area contributed by atoms with E-state index in [1.165, 1.54) is 22.0 Å². The van der Waals surface area contributed by atoms with Crippen LogP contribution in [0.2, 0.25) is 0 Å². The lowest BCUT2D eigenvalue weighted by molar-refractivity contribution is -0.124. The molecule has 1 aromatic heterocycles. The van der Waals surface area contributed by atoms with Crippen LogP contribution in [0.25, 0.3) is 0 Å². The molecule has 2 amide bonds. The van der Waals surface area contributed by atoms with E-state index in [4.69, 9.17) is 4.74 Å². The molecule has 9 heteroatoms. The van der Waals surface area contributed by atoms with Crippen LogP contribution < -0.4 is 10.2 Å². The van der Waals surface area contributed by atoms with Gasteiger partial charge in [0.15, 0.2) is 5.54 Å². The maximum Gasteiger partial charge on any atom is 0.408 e. The molecule has 2 heterocycles. The van der Waals surface area contributed by atoms with Gasteiger partial charge in [-0.05, 0) is 50.6 Å². The number of nitrogens with one attached hydrogen (secondary N) is 1. The van der Waals surface area contributed by atoms with Crippen molar-refractivity contribution in [1.29, 1.82) is 0 Å². The Morgan fingerprint density at radius 3 is 2.50 bits per heavy atom. The van der Waals surface area contributed by atoms with Gasteiger partial charge in [0.05, 0.1) is 0 Å². The van der Waals surface area contributed by atoms with Gasteiger partial charge >= 0.3 is 6.09 Å². The molecule has 2 atom stereocenters. The molecule has 1 aliphatic heterocycles. The van der Waals surface area contributed by atoms with E-state index in [-0.39, 0.29) is 0 Å². The van der Waals surface area contributed by atoms with Gasteiger partial charge in [0.2, 0.25) is 0 Å². The third-order valence-corrected chi connectivity index (χ3v) is 6.12. The standard InChI is InChI=1S/C25H25BrN4O4/c1-24(2,3)34-23(33)28-25(18-11-5-6-12-19(18)29(4)22(25)32)20(16-9-7-10-17(26)15-16)21(31)30-14-8-13-27-30/h5-15,20H,1-4H3,(H,28,33)/t20-,25+/m1/s1. The fourth-order valence-corrected chi connectivity index (χ4v) is 4.74. The van der Waals surface area contributed by atoms with Crippen molar-refractivity contribution in [3.63, 3.8) is 0 Å². The van der Waals surface area contributed by atoms with Crippen molar-refractivity contribution in [2.75, 3.05) is 11.9 Å². The smallest absolute Gasteiger partial charge is 0.408 e. The van der Waals surface area contributed by atoms with E-state index in [9.17, 15) is 14.4 Å². The van der Waals surface area contributed by atoms with Crippen LogP contribution in [0.1, 0.15) is 42.6 Å². The van der Waals surface area contributed by atoms with E-state index >= 15 is 0 Å². The van der Waals surface area contributed by atoms with Crippen LogP contribution in [0.3, 0.4) is 0 Å². The molecule has 8 nitrogen and oxygen atoms in total. The molecule has 2 aromatic carbocycles. The van der Waals surface area contributed by atoms with Gasteiger partial charge in [-0.1, -0.05) is 46.3 Å². The van der Waals surface area contributed by atoms with Crippen LogP contribution in [0.15, 0.2) is 71.5 Å². The number of ether oxygens (including phenoxy) is 1. The minimum Gasteiger partial charge on any atom is -0.444 e. The molecule has 1 N–H and O–H groups in total. The van der Waals surface area contributed by atoms with Crippen molar-refractivity contribution in [1.82, 2.24) is 15.1 Å². The first kappa shape index (κ1) is 23.7. The summed E-state index contributed by atoms with van der Waals surface area (Å²) in [4.78, 5) is 42.6. The number of para-hydroxylation sites is 1. The number of amides is 2. The summed E-state index contributed by atoms with van der Waals surface area (Å²) in [5.74, 6) is -2.07. The number of alkyl carbamates (subject to hydrolysis) is 1. The predicted octanol–water partition coefficient (Wildman–Crippen LogP) is 4.47. The zero-order chi connectivity index (χ0) is 24.7. The summed E-state index contributed by atoms with van der Waals surface area (Å²) in [6.07, 6.45) is 2.20. The number of anilines is 1. The molecule has 0 unspecified atom stereocenters. The molecule has 4 rings (SSSR count). The van der Waals surface area contributed by atoms with Gasteiger partial charge in [0.1, 0.15) is 11.5 Å². The van der Waals surface area contributed by atoms with Crippen LogP contribution in [0.5, 0.6) is 0 Å². The first-order chi connectivity index (χ1) is 16.0. The Morgan fingerprint density at radius 2 is 1.85 bits per heavy atom. The largest absolute Gasteiger partial charge is 0.444 e. The highest BCUT2D eigenvalue weighted by atomic mass is 79.9. The zero-order valence-electron chi connectivity index (χ0n) is 19.3. The summed E-state index contributed by atoms with van der Waals surface area (Å²) < 4.78 is 7.44. The normalized spacial score (nSPS) is 18.4. The highest BCUT2D eigenvalue weighted by Crippen LogP contribution is 2.48. The fraction of sp³-hybridized carbons (Fsp3) is 0.280. The van der Waals surface area contributed by atoms with Gasteiger partial charge in [-0.3, -0.25) is 9.59 Å². The molecule has 34 heavy (non-hydrogen) atoms. The molecule has 0 saturated carbocycles. The lowest BCUT2D eigenvalue weighted by Gasteiger charge is -2.37. The third-order valence-electron chi connectivity index (χ3n) is 5.62. The average molecular weight is 525 g/mol. The van der Waals surface area contributed by atoms with E-state index < -0.39 is 35.0 Å². The number of carbonyl (C=O) groups is 3. The molecule has 1 aliphatic rings. The second-order valence-corrected chi connectivity index (χ2v) is 10.0. The topological polar surface area (TPSA) is 93.5 Å². The minimum absolute atomic E-state index is 0.454. The van der Waals surface area contributed by atoms with Crippen molar-refractivity contribution in [3.8, 4) is 0 Å². The Hall–Kier alpha value is -3.46. The molecule has 0 saturated heterocycles. The molecule has 0 bridgehead atoms. The lowest BCUT2D eigenvalue weighted by Crippen LogP contribution is -2.59. The quantitative estimate of drug-likeness (QED) is 0.543. The first-order valence-corrected chi connectivity index (χ1v) is 11.5. The molecular formula is C25H25BrN4O4. The third kappa shape index (κ3) is 4.11. The highest BCUT2D eigenvalue weighted by molar-refractivity contribution is 9.10. The van der Waals surface area contributed by atoms with Crippen LogP contribution in [-0.2, 0) is 15.1 Å². The number of rotatable bonds is 4. The van der Waals surface area contributed by atoms with E-state index in [0.717, 1.165) is 4.47 Å². The number of hydrogen-bond acceptors (Lipinski definition) is 5. The Kier molecular flexibility index (Phi) is 6.07. The Bertz CT molecular complexity index is 1250. The Balaban J connectivity index is 1.99. The second-order valence-electron chi connectivity index (χ2n) is 9.09. The van der Waals surface area contributed by atoms with Gasteiger partial charge < -0.3 is 15.0 Å². The van der Waals surface area contributed by atoms with Gasteiger partial charge in [0, 0.05) is 35.2 Å². The second kappa shape index (κ2) is 8.72. The number of carbonyl (C=O) groups excluding carboxylic acids is 3. The number of hydrogen-bond donors (Lipinski definition) is 1. The summed E-state index contributed by atoms with van der Waals surface area (Å²) in [7, 11) is 1.62. The van der Waals surface area contributed by atoms with E-state index in [2.05, 4.69) is 26.3 Å². The molecule has 0 radical (unpaired) electrons. The molecule has 0 aliphatic carbocycles. The lowest BCUT2D eigenvalue weighted by atomic mass is 9.74. The van der Waals surface area contributed by atoms with Gasteiger partial charge in [-0.2, -0.15) is 5.10 Å². The highest BCUT2D eigenvalue weighted by Gasteiger charge is 2.59. The maximum absolute atomic E-state index is 14.0. The maximum atomic E-state index is 14.0. The summed E-state index contributed by atoms with van der Waals surface area (Å²) in [5.41, 5.74) is -0.951. The van der Waals surface area contributed by atoms with Crippen molar-refractivity contribution < 1.29 is 19.1 Å². The van der Waals surface area contributed by atoms with Crippen molar-refractivity contribution >= 4 is 39.5 Å². The van der Waals surface area contributed by atoms with Gasteiger partial charge in [-0.15, -0.1) is 0 Å². The monoisotopic (exact) mass is 524 g/mol. The van der Waals surface area contributed by atoms with E-state index in [1.807, 2.05) is 6.07 Å². The number of nitrogens with zero attached hydrogens (tertiary/aromatic N) is 3. The average Bonchev–Trinajstić information content (AvgIpc) is 3.37.